The Bertz CT molecular complexity index is 1340. The van der Waals surface area contributed by atoms with Crippen molar-refractivity contribution in [2.75, 3.05) is 23.9 Å². The highest BCUT2D eigenvalue weighted by Gasteiger charge is 2.36. The standard InChI is InChI=1S/C27H23ClN2O5S/c1-3-17-7-10-20(11-8-17)29-25(31)16-35-22-12-9-18(13-23(22)34-2)14-24-26(32)30(27(33)36-24)21-6-4-5-19(28)15-21/h4-15H,3,16H2,1-2H3,(H,29,31)/b24-14+. The van der Waals surface area contributed by atoms with E-state index in [0.717, 1.165) is 23.1 Å². The summed E-state index contributed by atoms with van der Waals surface area (Å²) in [4.78, 5) is 39.0. The Balaban J connectivity index is 1.43. The van der Waals surface area contributed by atoms with E-state index in [0.29, 0.717) is 33.5 Å². The number of carbonyl (C=O) groups excluding carboxylic acids is 3. The molecule has 3 amide bonds. The van der Waals surface area contributed by atoms with Crippen molar-refractivity contribution in [1.82, 2.24) is 0 Å². The lowest BCUT2D eigenvalue weighted by Crippen LogP contribution is -2.27. The maximum absolute atomic E-state index is 12.9. The molecule has 36 heavy (non-hydrogen) atoms. The van der Waals surface area contributed by atoms with E-state index >= 15 is 0 Å². The minimum absolute atomic E-state index is 0.205. The van der Waals surface area contributed by atoms with Crippen molar-refractivity contribution in [2.24, 2.45) is 0 Å². The molecule has 0 atom stereocenters. The van der Waals surface area contributed by atoms with E-state index < -0.39 is 11.1 Å². The molecule has 9 heteroatoms. The van der Waals surface area contributed by atoms with Crippen molar-refractivity contribution in [2.45, 2.75) is 13.3 Å². The first-order valence-electron chi connectivity index (χ1n) is 11.1. The second-order valence-electron chi connectivity index (χ2n) is 7.79. The van der Waals surface area contributed by atoms with E-state index in [1.807, 2.05) is 24.3 Å². The van der Waals surface area contributed by atoms with E-state index in [-0.39, 0.29) is 17.4 Å². The third-order valence-corrected chi connectivity index (χ3v) is 6.45. The largest absolute Gasteiger partial charge is 0.493 e. The molecular weight excluding hydrogens is 500 g/mol. The minimum Gasteiger partial charge on any atom is -0.493 e. The number of ether oxygens (including phenoxy) is 2. The van der Waals surface area contributed by atoms with Gasteiger partial charge in [-0.2, -0.15) is 0 Å². The molecular formula is C27H23ClN2O5S. The Kier molecular flexibility index (Phi) is 7.97. The molecule has 4 rings (SSSR count). The van der Waals surface area contributed by atoms with Gasteiger partial charge in [0.05, 0.1) is 17.7 Å². The summed E-state index contributed by atoms with van der Waals surface area (Å²) in [5.41, 5.74) is 2.92. The topological polar surface area (TPSA) is 84.9 Å². The number of imide groups is 1. The molecule has 184 valence electrons. The third-order valence-electron chi connectivity index (χ3n) is 5.35. The van der Waals surface area contributed by atoms with Gasteiger partial charge in [-0.25, -0.2) is 4.90 Å². The number of aryl methyl sites for hydroxylation is 1. The highest BCUT2D eigenvalue weighted by molar-refractivity contribution is 8.19. The van der Waals surface area contributed by atoms with Crippen molar-refractivity contribution in [1.29, 1.82) is 0 Å². The van der Waals surface area contributed by atoms with E-state index in [1.165, 1.54) is 12.7 Å². The first kappa shape index (κ1) is 25.3. The van der Waals surface area contributed by atoms with Crippen molar-refractivity contribution >= 4 is 57.9 Å². The van der Waals surface area contributed by atoms with Gasteiger partial charge >= 0.3 is 0 Å². The SMILES string of the molecule is CCc1ccc(NC(=O)COc2ccc(/C=C3/SC(=O)N(c4cccc(Cl)c4)C3=O)cc2OC)cc1. The Hall–Kier alpha value is -3.75. The van der Waals surface area contributed by atoms with Gasteiger partial charge in [0.2, 0.25) is 0 Å². The number of benzene rings is 3. The molecule has 3 aromatic rings. The van der Waals surface area contributed by atoms with E-state index in [2.05, 4.69) is 12.2 Å². The smallest absolute Gasteiger partial charge is 0.298 e. The van der Waals surface area contributed by atoms with Crippen LogP contribution in [0.3, 0.4) is 0 Å². The van der Waals surface area contributed by atoms with Gasteiger partial charge in [-0.1, -0.05) is 42.8 Å². The van der Waals surface area contributed by atoms with E-state index in [1.54, 1.807) is 48.5 Å². The Morgan fingerprint density at radius 1 is 1.06 bits per heavy atom. The van der Waals surface area contributed by atoms with Gasteiger partial charge in [-0.3, -0.25) is 14.4 Å². The monoisotopic (exact) mass is 522 g/mol. The number of nitrogens with zero attached hydrogens (tertiary/aromatic N) is 1. The lowest BCUT2D eigenvalue weighted by atomic mass is 10.1. The van der Waals surface area contributed by atoms with Crippen molar-refractivity contribution < 1.29 is 23.9 Å². The molecule has 1 heterocycles. The van der Waals surface area contributed by atoms with Gasteiger partial charge in [0.25, 0.3) is 17.1 Å². The zero-order valence-electron chi connectivity index (χ0n) is 19.6. The van der Waals surface area contributed by atoms with Crippen LogP contribution in [0.2, 0.25) is 5.02 Å². The Morgan fingerprint density at radius 2 is 1.83 bits per heavy atom. The second kappa shape index (κ2) is 11.3. The van der Waals surface area contributed by atoms with Crippen LogP contribution >= 0.6 is 23.4 Å². The minimum atomic E-state index is -0.435. The summed E-state index contributed by atoms with van der Waals surface area (Å²) >= 11 is 6.85. The average molecular weight is 523 g/mol. The van der Waals surface area contributed by atoms with Crippen LogP contribution in [0.5, 0.6) is 11.5 Å². The van der Waals surface area contributed by atoms with Gasteiger partial charge in [-0.05, 0) is 77.9 Å². The molecule has 1 aliphatic rings. The van der Waals surface area contributed by atoms with Crippen molar-refractivity contribution in [3.8, 4) is 11.5 Å². The van der Waals surface area contributed by atoms with E-state index in [9.17, 15) is 14.4 Å². The number of hydrogen-bond donors (Lipinski definition) is 1. The molecule has 0 aromatic heterocycles. The number of carbonyl (C=O) groups is 3. The molecule has 1 fully saturated rings. The van der Waals surface area contributed by atoms with Crippen LogP contribution in [0.15, 0.2) is 71.6 Å². The molecule has 0 bridgehead atoms. The quantitative estimate of drug-likeness (QED) is 0.356. The first-order valence-corrected chi connectivity index (χ1v) is 12.3. The average Bonchev–Trinajstić information content (AvgIpc) is 3.15. The molecule has 7 nitrogen and oxygen atoms in total. The predicted octanol–water partition coefficient (Wildman–Crippen LogP) is 6.17. The van der Waals surface area contributed by atoms with Crippen LogP contribution in [0, 0.1) is 0 Å². The molecule has 0 aliphatic carbocycles. The molecule has 1 saturated heterocycles. The number of thioether (sulfide) groups is 1. The van der Waals surface area contributed by atoms with Gasteiger partial charge < -0.3 is 14.8 Å². The predicted molar refractivity (Wildman–Crippen MR) is 143 cm³/mol. The van der Waals surface area contributed by atoms with Gasteiger partial charge in [0.15, 0.2) is 18.1 Å². The number of rotatable bonds is 8. The molecule has 1 aliphatic heterocycles. The summed E-state index contributed by atoms with van der Waals surface area (Å²) < 4.78 is 11.1. The molecule has 0 spiro atoms. The fourth-order valence-corrected chi connectivity index (χ4v) is 4.54. The van der Waals surface area contributed by atoms with Crippen LogP contribution in [0.1, 0.15) is 18.1 Å². The van der Waals surface area contributed by atoms with Gasteiger partial charge in [0, 0.05) is 10.7 Å². The maximum Gasteiger partial charge on any atom is 0.298 e. The lowest BCUT2D eigenvalue weighted by molar-refractivity contribution is -0.118. The lowest BCUT2D eigenvalue weighted by Gasteiger charge is -2.13. The number of methoxy groups -OCH3 is 1. The number of amides is 3. The van der Waals surface area contributed by atoms with Crippen LogP contribution in [0.4, 0.5) is 16.2 Å². The highest BCUT2D eigenvalue weighted by Crippen LogP contribution is 2.37. The highest BCUT2D eigenvalue weighted by atomic mass is 35.5. The zero-order valence-corrected chi connectivity index (χ0v) is 21.2. The third kappa shape index (κ3) is 5.90. The van der Waals surface area contributed by atoms with Gasteiger partial charge in [0.1, 0.15) is 0 Å². The normalized spacial score (nSPS) is 14.3. The summed E-state index contributed by atoms with van der Waals surface area (Å²) in [5.74, 6) is 0.0198. The summed E-state index contributed by atoms with van der Waals surface area (Å²) in [7, 11) is 1.48. The number of hydrogen-bond acceptors (Lipinski definition) is 6. The summed E-state index contributed by atoms with van der Waals surface area (Å²) in [6.07, 6.45) is 2.53. The molecule has 3 aromatic carbocycles. The fourth-order valence-electron chi connectivity index (χ4n) is 3.51. The molecule has 0 radical (unpaired) electrons. The summed E-state index contributed by atoms with van der Waals surface area (Å²) in [6.45, 7) is 1.86. The van der Waals surface area contributed by atoms with Gasteiger partial charge in [-0.15, -0.1) is 0 Å². The van der Waals surface area contributed by atoms with Crippen molar-refractivity contribution in [3.05, 3.63) is 87.8 Å². The van der Waals surface area contributed by atoms with Crippen LogP contribution < -0.4 is 19.7 Å². The molecule has 1 N–H and O–H groups in total. The van der Waals surface area contributed by atoms with E-state index in [4.69, 9.17) is 21.1 Å². The summed E-state index contributed by atoms with van der Waals surface area (Å²) in [6, 6.07) is 19.2. The zero-order chi connectivity index (χ0) is 25.7. The Labute approximate surface area is 218 Å². The maximum atomic E-state index is 12.9. The fraction of sp³-hybridized carbons (Fsp3) is 0.148. The van der Waals surface area contributed by atoms with Crippen LogP contribution in [-0.2, 0) is 16.0 Å². The van der Waals surface area contributed by atoms with Crippen molar-refractivity contribution in [3.63, 3.8) is 0 Å². The second-order valence-corrected chi connectivity index (χ2v) is 9.22. The Morgan fingerprint density at radius 3 is 2.53 bits per heavy atom. The molecule has 0 saturated carbocycles. The number of halogens is 1. The van der Waals surface area contributed by atoms with Crippen LogP contribution in [-0.4, -0.2) is 30.8 Å². The molecule has 0 unspecified atom stereocenters. The summed E-state index contributed by atoms with van der Waals surface area (Å²) in [5, 5.41) is 2.81. The number of nitrogens with one attached hydrogen (secondary N) is 1. The number of anilines is 2. The van der Waals surface area contributed by atoms with Crippen LogP contribution in [0.25, 0.3) is 6.08 Å². The first-order chi connectivity index (χ1) is 17.4.